The smallest absolute Gasteiger partial charge is 0.280 e. The Morgan fingerprint density at radius 2 is 1.71 bits per heavy atom. The molecule has 0 fully saturated rings. The third kappa shape index (κ3) is 3.00. The van der Waals surface area contributed by atoms with E-state index in [9.17, 15) is 9.59 Å². The quantitative estimate of drug-likeness (QED) is 0.718. The van der Waals surface area contributed by atoms with E-state index in [1.54, 1.807) is 24.3 Å². The summed E-state index contributed by atoms with van der Waals surface area (Å²) in [5.41, 5.74) is 7.85. The molecule has 1 heterocycles. The molecule has 7 heteroatoms. The second kappa shape index (κ2) is 6.33. The first-order chi connectivity index (χ1) is 11.6. The third-order valence-corrected chi connectivity index (χ3v) is 3.47. The van der Waals surface area contributed by atoms with Crippen molar-refractivity contribution in [1.29, 1.82) is 0 Å². The maximum absolute atomic E-state index is 12.3. The maximum Gasteiger partial charge on any atom is 0.280 e. The number of Topliss-reactive ketones (excluding diaryl/α,β-unsaturated/α-hetero) is 1. The summed E-state index contributed by atoms with van der Waals surface area (Å²) in [5.74, 6) is -0.354. The molecule has 3 aromatic rings. The van der Waals surface area contributed by atoms with E-state index < -0.39 is 5.91 Å². The Bertz CT molecular complexity index is 885. The zero-order valence-electron chi connectivity index (χ0n) is 12.9. The molecule has 0 spiro atoms. The van der Waals surface area contributed by atoms with Gasteiger partial charge < -0.3 is 11.1 Å². The van der Waals surface area contributed by atoms with E-state index in [0.29, 0.717) is 16.9 Å². The summed E-state index contributed by atoms with van der Waals surface area (Å²) in [5, 5.41) is 10.5. The number of amides is 1. The molecule has 1 aromatic heterocycles. The Hall–Kier alpha value is -3.48. The van der Waals surface area contributed by atoms with Crippen LogP contribution in [-0.4, -0.2) is 26.7 Å². The van der Waals surface area contributed by atoms with Crippen molar-refractivity contribution in [2.45, 2.75) is 6.92 Å². The number of nitrogens with two attached hydrogens (primary N) is 1. The van der Waals surface area contributed by atoms with Crippen LogP contribution >= 0.6 is 0 Å². The second-order valence-corrected chi connectivity index (χ2v) is 5.16. The predicted molar refractivity (Wildman–Crippen MR) is 90.2 cm³/mol. The summed E-state index contributed by atoms with van der Waals surface area (Å²) in [6.07, 6.45) is 0. The van der Waals surface area contributed by atoms with Crippen LogP contribution in [0.1, 0.15) is 27.8 Å². The number of benzene rings is 2. The van der Waals surface area contributed by atoms with Crippen LogP contribution in [0.4, 0.5) is 11.5 Å². The van der Waals surface area contributed by atoms with Crippen molar-refractivity contribution in [3.8, 4) is 5.69 Å². The number of nitrogens with one attached hydrogen (secondary N) is 1. The third-order valence-electron chi connectivity index (χ3n) is 3.47. The molecular weight excluding hydrogens is 306 g/mol. The van der Waals surface area contributed by atoms with Crippen LogP contribution in [-0.2, 0) is 0 Å². The standard InChI is InChI=1S/C17H15N5O2/c1-11(23)12-7-9-13(10-8-12)19-17(24)15-16(18)22(21-20-15)14-5-3-2-4-6-14/h2-10H,18H2,1H3,(H,19,24). The number of carbonyl (C=O) groups excluding carboxylic acids is 2. The molecule has 0 saturated heterocycles. The molecule has 3 rings (SSSR count). The number of anilines is 2. The minimum absolute atomic E-state index is 0.0366. The van der Waals surface area contributed by atoms with Gasteiger partial charge in [0.05, 0.1) is 5.69 Å². The fourth-order valence-corrected chi connectivity index (χ4v) is 2.19. The van der Waals surface area contributed by atoms with Gasteiger partial charge in [0, 0.05) is 11.3 Å². The summed E-state index contributed by atoms with van der Waals surface area (Å²) in [4.78, 5) is 23.6. The first-order valence-corrected chi connectivity index (χ1v) is 7.25. The Morgan fingerprint density at radius 1 is 1.04 bits per heavy atom. The van der Waals surface area contributed by atoms with Crippen molar-refractivity contribution in [2.75, 3.05) is 11.1 Å². The lowest BCUT2D eigenvalue weighted by molar-refractivity contribution is 0.101. The Balaban J connectivity index is 1.81. The van der Waals surface area contributed by atoms with Gasteiger partial charge in [-0.25, -0.2) is 0 Å². The summed E-state index contributed by atoms with van der Waals surface area (Å²) >= 11 is 0. The minimum atomic E-state index is -0.467. The zero-order valence-corrected chi connectivity index (χ0v) is 12.9. The number of hydrogen-bond donors (Lipinski definition) is 2. The monoisotopic (exact) mass is 321 g/mol. The minimum Gasteiger partial charge on any atom is -0.382 e. The van der Waals surface area contributed by atoms with Gasteiger partial charge in [-0.3, -0.25) is 9.59 Å². The Kier molecular flexibility index (Phi) is 4.07. The summed E-state index contributed by atoms with van der Waals surface area (Å²) < 4.78 is 1.40. The number of ketones is 1. The molecule has 0 saturated carbocycles. The predicted octanol–water partition coefficient (Wildman–Crippen LogP) is 2.30. The normalized spacial score (nSPS) is 10.4. The maximum atomic E-state index is 12.3. The lowest BCUT2D eigenvalue weighted by atomic mass is 10.1. The van der Waals surface area contributed by atoms with Gasteiger partial charge >= 0.3 is 0 Å². The number of para-hydroxylation sites is 1. The van der Waals surface area contributed by atoms with Gasteiger partial charge in [0.15, 0.2) is 17.3 Å². The van der Waals surface area contributed by atoms with Gasteiger partial charge in [-0.2, -0.15) is 4.68 Å². The van der Waals surface area contributed by atoms with Crippen molar-refractivity contribution < 1.29 is 9.59 Å². The van der Waals surface area contributed by atoms with Gasteiger partial charge in [0.1, 0.15) is 0 Å². The van der Waals surface area contributed by atoms with Crippen LogP contribution in [0.15, 0.2) is 54.6 Å². The van der Waals surface area contributed by atoms with Crippen molar-refractivity contribution in [1.82, 2.24) is 15.0 Å². The van der Waals surface area contributed by atoms with Crippen LogP contribution in [0.2, 0.25) is 0 Å². The molecule has 0 atom stereocenters. The molecule has 0 bridgehead atoms. The highest BCUT2D eigenvalue weighted by Gasteiger charge is 2.18. The van der Waals surface area contributed by atoms with E-state index in [-0.39, 0.29) is 17.3 Å². The molecular formula is C17H15N5O2. The highest BCUT2D eigenvalue weighted by atomic mass is 16.2. The molecule has 2 aromatic carbocycles. The number of hydrogen-bond acceptors (Lipinski definition) is 5. The highest BCUT2D eigenvalue weighted by molar-refractivity contribution is 6.06. The Morgan fingerprint density at radius 3 is 2.33 bits per heavy atom. The summed E-state index contributed by atoms with van der Waals surface area (Å²) in [6.45, 7) is 1.48. The molecule has 120 valence electrons. The number of rotatable bonds is 4. The van der Waals surface area contributed by atoms with Crippen molar-refractivity contribution in [3.63, 3.8) is 0 Å². The highest BCUT2D eigenvalue weighted by Crippen LogP contribution is 2.17. The van der Waals surface area contributed by atoms with Crippen LogP contribution in [0.3, 0.4) is 0 Å². The number of nitrogens with zero attached hydrogens (tertiary/aromatic N) is 3. The van der Waals surface area contributed by atoms with Crippen LogP contribution < -0.4 is 11.1 Å². The van der Waals surface area contributed by atoms with Crippen molar-refractivity contribution in [3.05, 3.63) is 65.9 Å². The SMILES string of the molecule is CC(=O)c1ccc(NC(=O)c2nnn(-c3ccccc3)c2N)cc1. The van der Waals surface area contributed by atoms with Gasteiger partial charge in [-0.15, -0.1) is 5.10 Å². The van der Waals surface area contributed by atoms with Gasteiger partial charge in [-0.05, 0) is 43.3 Å². The fourth-order valence-electron chi connectivity index (χ4n) is 2.19. The van der Waals surface area contributed by atoms with Gasteiger partial charge in [-0.1, -0.05) is 23.4 Å². The fraction of sp³-hybridized carbons (Fsp3) is 0.0588. The van der Waals surface area contributed by atoms with Crippen molar-refractivity contribution >= 4 is 23.2 Å². The van der Waals surface area contributed by atoms with Crippen molar-refractivity contribution in [2.24, 2.45) is 0 Å². The first-order valence-electron chi connectivity index (χ1n) is 7.25. The summed E-state index contributed by atoms with van der Waals surface area (Å²) in [6, 6.07) is 15.7. The van der Waals surface area contributed by atoms with Crippen LogP contribution in [0, 0.1) is 0 Å². The lowest BCUT2D eigenvalue weighted by Crippen LogP contribution is -2.15. The van der Waals surface area contributed by atoms with E-state index in [2.05, 4.69) is 15.6 Å². The average Bonchev–Trinajstić information content (AvgIpc) is 2.98. The number of aromatic nitrogens is 3. The van der Waals surface area contributed by atoms with E-state index >= 15 is 0 Å². The van der Waals surface area contributed by atoms with Crippen LogP contribution in [0.25, 0.3) is 5.69 Å². The topological polar surface area (TPSA) is 103 Å². The van der Waals surface area contributed by atoms with Gasteiger partial charge in [0.25, 0.3) is 5.91 Å². The van der Waals surface area contributed by atoms with Gasteiger partial charge in [0.2, 0.25) is 0 Å². The molecule has 0 unspecified atom stereocenters. The molecule has 0 aliphatic rings. The van der Waals surface area contributed by atoms with E-state index in [1.807, 2.05) is 30.3 Å². The van der Waals surface area contributed by atoms with E-state index in [4.69, 9.17) is 5.73 Å². The molecule has 0 radical (unpaired) electrons. The molecule has 24 heavy (non-hydrogen) atoms. The summed E-state index contributed by atoms with van der Waals surface area (Å²) in [7, 11) is 0. The van der Waals surface area contributed by atoms with E-state index in [0.717, 1.165) is 0 Å². The molecule has 7 nitrogen and oxygen atoms in total. The molecule has 3 N–H and O–H groups in total. The average molecular weight is 321 g/mol. The first kappa shape index (κ1) is 15.4. The van der Waals surface area contributed by atoms with Crippen LogP contribution in [0.5, 0.6) is 0 Å². The number of nitrogen functional groups attached to an aromatic ring is 1. The Labute approximate surface area is 138 Å². The molecule has 0 aliphatic heterocycles. The molecule has 0 aliphatic carbocycles. The molecule has 1 amide bonds. The lowest BCUT2D eigenvalue weighted by Gasteiger charge is -2.05. The van der Waals surface area contributed by atoms with E-state index in [1.165, 1.54) is 11.6 Å². The largest absolute Gasteiger partial charge is 0.382 e. The zero-order chi connectivity index (χ0) is 17.1. The second-order valence-electron chi connectivity index (χ2n) is 5.16. The number of carbonyl (C=O) groups is 2.